The van der Waals surface area contributed by atoms with Gasteiger partial charge in [-0.05, 0) is 49.7 Å². The topological polar surface area (TPSA) is 133 Å². The molecule has 3 N–H and O–H groups in total. The fraction of sp³-hybridized carbons (Fsp3) is 0.190. The number of nitrogens with zero attached hydrogens (tertiary/aromatic N) is 3. The fourth-order valence-corrected chi connectivity index (χ4v) is 3.91. The Bertz CT molecular complexity index is 1340. The molecule has 1 amide bonds. The van der Waals surface area contributed by atoms with Crippen molar-refractivity contribution in [2.45, 2.75) is 25.6 Å². The van der Waals surface area contributed by atoms with Crippen LogP contribution in [0.1, 0.15) is 35.8 Å². The maximum Gasteiger partial charge on any atom is 0.256 e. The average Bonchev–Trinajstić information content (AvgIpc) is 3.37. The minimum atomic E-state index is -3.62. The highest BCUT2D eigenvalue weighted by Gasteiger charge is 2.19. The van der Waals surface area contributed by atoms with Crippen LogP contribution in [-0.4, -0.2) is 29.1 Å². The summed E-state index contributed by atoms with van der Waals surface area (Å²) >= 11 is 0. The van der Waals surface area contributed by atoms with Crippen LogP contribution >= 0.6 is 0 Å². The third-order valence-corrected chi connectivity index (χ3v) is 5.39. The molecule has 0 unspecified atom stereocenters. The zero-order chi connectivity index (χ0) is 22.2. The fourth-order valence-electron chi connectivity index (χ4n) is 3.25. The normalized spacial score (nSPS) is 11.9. The van der Waals surface area contributed by atoms with Crippen LogP contribution in [0, 0.1) is 0 Å². The van der Waals surface area contributed by atoms with Crippen LogP contribution < -0.4 is 10.5 Å². The third kappa shape index (κ3) is 4.49. The molecule has 9 nitrogen and oxygen atoms in total. The first-order valence-electron chi connectivity index (χ1n) is 9.54. The third-order valence-electron chi connectivity index (χ3n) is 4.65. The van der Waals surface area contributed by atoms with E-state index in [1.807, 2.05) is 13.8 Å². The number of carbonyl (C=O) groups is 1. The Morgan fingerprint density at radius 1 is 1.23 bits per heavy atom. The van der Waals surface area contributed by atoms with Gasteiger partial charge in [-0.25, -0.2) is 23.2 Å². The molecule has 1 aromatic carbocycles. The number of nitrogens with two attached hydrogens (primary N) is 1. The van der Waals surface area contributed by atoms with E-state index in [1.165, 1.54) is 0 Å². The maximum atomic E-state index is 13.1. The predicted molar refractivity (Wildman–Crippen MR) is 117 cm³/mol. The number of aromatic nitrogens is 3. The smallest absolute Gasteiger partial charge is 0.256 e. The van der Waals surface area contributed by atoms with Gasteiger partial charge < -0.3 is 9.73 Å². The Balaban J connectivity index is 1.70. The number of rotatable bonds is 6. The zero-order valence-corrected chi connectivity index (χ0v) is 17.8. The number of pyridine rings is 1. The molecule has 0 aliphatic carbocycles. The second-order valence-electron chi connectivity index (χ2n) is 7.41. The SMILES string of the molecule is CC(C)n1ncc2c(C(=O)Nc3ccc(CS(N)(=O)=O)cc3)cc(-c3ccco3)nc21. The van der Waals surface area contributed by atoms with Gasteiger partial charge in [0.25, 0.3) is 5.91 Å². The van der Waals surface area contributed by atoms with Crippen LogP contribution in [0.3, 0.4) is 0 Å². The molecule has 3 aromatic heterocycles. The molecule has 0 aliphatic heterocycles. The summed E-state index contributed by atoms with van der Waals surface area (Å²) in [6.07, 6.45) is 3.17. The molecule has 0 radical (unpaired) electrons. The molecule has 31 heavy (non-hydrogen) atoms. The molecule has 0 spiro atoms. The summed E-state index contributed by atoms with van der Waals surface area (Å²) in [5.74, 6) is -0.0740. The van der Waals surface area contributed by atoms with Gasteiger partial charge in [0.15, 0.2) is 11.4 Å². The van der Waals surface area contributed by atoms with Gasteiger partial charge in [-0.1, -0.05) is 12.1 Å². The molecule has 0 fully saturated rings. The van der Waals surface area contributed by atoms with Crippen LogP contribution in [0.2, 0.25) is 0 Å². The monoisotopic (exact) mass is 439 g/mol. The number of hydrogen-bond donors (Lipinski definition) is 2. The average molecular weight is 439 g/mol. The molecule has 0 saturated heterocycles. The van der Waals surface area contributed by atoms with Crippen molar-refractivity contribution in [3.63, 3.8) is 0 Å². The molecule has 0 saturated carbocycles. The number of amides is 1. The second-order valence-corrected chi connectivity index (χ2v) is 9.03. The molecule has 160 valence electrons. The van der Waals surface area contributed by atoms with Gasteiger partial charge in [0.1, 0.15) is 5.69 Å². The van der Waals surface area contributed by atoms with Crippen molar-refractivity contribution in [1.82, 2.24) is 14.8 Å². The number of carbonyl (C=O) groups excluding carboxylic acids is 1. The number of anilines is 1. The van der Waals surface area contributed by atoms with E-state index >= 15 is 0 Å². The molecule has 3 heterocycles. The van der Waals surface area contributed by atoms with Crippen LogP contribution in [0.4, 0.5) is 5.69 Å². The van der Waals surface area contributed by atoms with Gasteiger partial charge in [0.05, 0.1) is 29.2 Å². The van der Waals surface area contributed by atoms with E-state index in [4.69, 9.17) is 9.56 Å². The van der Waals surface area contributed by atoms with Crippen molar-refractivity contribution >= 4 is 32.7 Å². The van der Waals surface area contributed by atoms with Gasteiger partial charge in [0, 0.05) is 11.7 Å². The Hall–Kier alpha value is -3.50. The van der Waals surface area contributed by atoms with Crippen LogP contribution in [0.25, 0.3) is 22.5 Å². The molecule has 4 rings (SSSR count). The summed E-state index contributed by atoms with van der Waals surface area (Å²) in [7, 11) is -3.62. The van der Waals surface area contributed by atoms with Crippen molar-refractivity contribution in [3.8, 4) is 11.5 Å². The van der Waals surface area contributed by atoms with Crippen LogP contribution in [0.15, 0.2) is 59.3 Å². The summed E-state index contributed by atoms with van der Waals surface area (Å²) in [5.41, 5.74) is 2.55. The lowest BCUT2D eigenvalue weighted by molar-refractivity contribution is 0.102. The lowest BCUT2D eigenvalue weighted by Crippen LogP contribution is -2.15. The van der Waals surface area contributed by atoms with Crippen molar-refractivity contribution in [2.24, 2.45) is 5.14 Å². The quantitative estimate of drug-likeness (QED) is 0.473. The van der Waals surface area contributed by atoms with Crippen molar-refractivity contribution in [2.75, 3.05) is 5.32 Å². The molecule has 10 heteroatoms. The summed E-state index contributed by atoms with van der Waals surface area (Å²) < 4.78 is 29.7. The van der Waals surface area contributed by atoms with Crippen LogP contribution in [0.5, 0.6) is 0 Å². The van der Waals surface area contributed by atoms with E-state index in [2.05, 4.69) is 15.4 Å². The largest absolute Gasteiger partial charge is 0.463 e. The zero-order valence-electron chi connectivity index (χ0n) is 16.9. The maximum absolute atomic E-state index is 13.1. The van der Waals surface area contributed by atoms with E-state index < -0.39 is 10.0 Å². The Kier molecular flexibility index (Phi) is 5.34. The lowest BCUT2D eigenvalue weighted by Gasteiger charge is -2.10. The van der Waals surface area contributed by atoms with E-state index in [9.17, 15) is 13.2 Å². The highest BCUT2D eigenvalue weighted by Crippen LogP contribution is 2.27. The van der Waals surface area contributed by atoms with Crippen molar-refractivity contribution in [1.29, 1.82) is 0 Å². The van der Waals surface area contributed by atoms with E-state index in [-0.39, 0.29) is 17.7 Å². The minimum Gasteiger partial charge on any atom is -0.463 e. The summed E-state index contributed by atoms with van der Waals surface area (Å²) in [6.45, 7) is 3.97. The number of benzene rings is 1. The standard InChI is InChI=1S/C21H21N5O4S/c1-13(2)26-20-17(11-23-26)16(10-18(25-20)19-4-3-9-30-19)21(27)24-15-7-5-14(6-8-15)12-31(22,28)29/h3-11,13H,12H2,1-2H3,(H,24,27)(H2,22,28,29). The number of nitrogens with one attached hydrogen (secondary N) is 1. The predicted octanol–water partition coefficient (Wildman–Crippen LogP) is 3.31. The summed E-state index contributed by atoms with van der Waals surface area (Å²) in [4.78, 5) is 17.8. The molecule has 0 atom stereocenters. The summed E-state index contributed by atoms with van der Waals surface area (Å²) in [5, 5.41) is 12.9. The highest BCUT2D eigenvalue weighted by atomic mass is 32.2. The van der Waals surface area contributed by atoms with Gasteiger partial charge in [-0.15, -0.1) is 0 Å². The number of hydrogen-bond acceptors (Lipinski definition) is 6. The van der Waals surface area contributed by atoms with Gasteiger partial charge in [-0.3, -0.25) is 4.79 Å². The van der Waals surface area contributed by atoms with Gasteiger partial charge >= 0.3 is 0 Å². The molecule has 0 aliphatic rings. The highest BCUT2D eigenvalue weighted by molar-refractivity contribution is 7.88. The molecular weight excluding hydrogens is 418 g/mol. The first-order valence-corrected chi connectivity index (χ1v) is 11.3. The first kappa shape index (κ1) is 20.8. The Morgan fingerprint density at radius 3 is 2.58 bits per heavy atom. The Morgan fingerprint density at radius 2 is 1.97 bits per heavy atom. The number of sulfonamides is 1. The van der Waals surface area contributed by atoms with E-state index in [0.29, 0.717) is 39.3 Å². The molecular formula is C21H21N5O4S. The van der Waals surface area contributed by atoms with Gasteiger partial charge in [0.2, 0.25) is 10.0 Å². The van der Waals surface area contributed by atoms with Crippen LogP contribution in [-0.2, 0) is 15.8 Å². The lowest BCUT2D eigenvalue weighted by atomic mass is 10.1. The summed E-state index contributed by atoms with van der Waals surface area (Å²) in [6, 6.07) is 11.7. The van der Waals surface area contributed by atoms with Crippen molar-refractivity contribution in [3.05, 3.63) is 66.1 Å². The van der Waals surface area contributed by atoms with E-state index in [1.54, 1.807) is 59.6 Å². The minimum absolute atomic E-state index is 0.0548. The molecule has 4 aromatic rings. The van der Waals surface area contributed by atoms with Gasteiger partial charge in [-0.2, -0.15) is 5.10 Å². The first-order chi connectivity index (χ1) is 14.7. The number of primary sulfonamides is 1. The van der Waals surface area contributed by atoms with E-state index in [0.717, 1.165) is 0 Å². The number of furan rings is 1. The molecule has 0 bridgehead atoms. The Labute approximate surface area is 178 Å². The number of fused-ring (bicyclic) bond motifs is 1. The second kappa shape index (κ2) is 7.97. The van der Waals surface area contributed by atoms with Crippen molar-refractivity contribution < 1.29 is 17.6 Å².